The second kappa shape index (κ2) is 4.73. The fraction of sp³-hybridized carbons (Fsp3) is 1.00. The van der Waals surface area contributed by atoms with Gasteiger partial charge < -0.3 is 11.1 Å². The Kier molecular flexibility index (Phi) is 3.87. The molecule has 0 aromatic rings. The van der Waals surface area contributed by atoms with Crippen LogP contribution in [0.3, 0.4) is 0 Å². The summed E-state index contributed by atoms with van der Waals surface area (Å²) in [5.74, 6) is 0.805. The molecule has 11 heavy (non-hydrogen) atoms. The van der Waals surface area contributed by atoms with Crippen molar-refractivity contribution in [2.24, 2.45) is 11.7 Å². The van der Waals surface area contributed by atoms with Crippen molar-refractivity contribution in [1.29, 1.82) is 0 Å². The summed E-state index contributed by atoms with van der Waals surface area (Å²) in [6.07, 6.45) is 5.23. The first-order valence-electron chi connectivity index (χ1n) is 4.76. The molecule has 0 heterocycles. The Labute approximate surface area is 69.5 Å². The highest BCUT2D eigenvalue weighted by atomic mass is 14.9. The van der Waals surface area contributed by atoms with Gasteiger partial charge in [0.1, 0.15) is 0 Å². The maximum absolute atomic E-state index is 5.42. The van der Waals surface area contributed by atoms with Gasteiger partial charge in [0.05, 0.1) is 0 Å². The Bertz CT molecular complexity index is 99.7. The first-order chi connectivity index (χ1) is 5.33. The quantitative estimate of drug-likeness (QED) is 0.604. The molecule has 1 aliphatic carbocycles. The molecule has 3 N–H and O–H groups in total. The van der Waals surface area contributed by atoms with Crippen molar-refractivity contribution < 1.29 is 0 Å². The maximum Gasteiger partial charge on any atom is 0.00683 e. The Morgan fingerprint density at radius 3 is 2.82 bits per heavy atom. The van der Waals surface area contributed by atoms with Crippen LogP contribution in [0, 0.1) is 5.92 Å². The highest BCUT2D eigenvalue weighted by molar-refractivity contribution is 4.81. The summed E-state index contributed by atoms with van der Waals surface area (Å²) in [5, 5.41) is 3.52. The van der Waals surface area contributed by atoms with Crippen molar-refractivity contribution in [3.63, 3.8) is 0 Å². The molecule has 2 nitrogen and oxygen atoms in total. The van der Waals surface area contributed by atoms with Crippen molar-refractivity contribution in [3.8, 4) is 0 Å². The molecule has 1 saturated carbocycles. The van der Waals surface area contributed by atoms with E-state index in [9.17, 15) is 0 Å². The van der Waals surface area contributed by atoms with E-state index in [0.29, 0.717) is 0 Å². The van der Waals surface area contributed by atoms with E-state index >= 15 is 0 Å². The third kappa shape index (κ3) is 4.38. The maximum atomic E-state index is 5.42. The molecule has 0 aromatic carbocycles. The molecule has 1 fully saturated rings. The zero-order valence-electron chi connectivity index (χ0n) is 7.47. The summed E-state index contributed by atoms with van der Waals surface area (Å²) in [6.45, 7) is 4.32. The lowest BCUT2D eigenvalue weighted by atomic mass is 10.1. The molecule has 2 heteroatoms. The molecular weight excluding hydrogens is 136 g/mol. The number of nitrogens with one attached hydrogen (secondary N) is 1. The number of hydrogen-bond donors (Lipinski definition) is 2. The van der Waals surface area contributed by atoms with E-state index in [0.717, 1.165) is 18.5 Å². The van der Waals surface area contributed by atoms with Gasteiger partial charge in [-0.2, -0.15) is 0 Å². The molecule has 0 radical (unpaired) electrons. The third-order valence-corrected chi connectivity index (χ3v) is 2.23. The predicted molar refractivity (Wildman–Crippen MR) is 48.5 cm³/mol. The van der Waals surface area contributed by atoms with Crippen LogP contribution < -0.4 is 11.1 Å². The Morgan fingerprint density at radius 1 is 1.55 bits per heavy atom. The summed E-state index contributed by atoms with van der Waals surface area (Å²) in [7, 11) is 0. The molecule has 0 amide bonds. The van der Waals surface area contributed by atoms with Crippen LogP contribution in [0.2, 0.25) is 0 Å². The van der Waals surface area contributed by atoms with Gasteiger partial charge in [0.25, 0.3) is 0 Å². The van der Waals surface area contributed by atoms with Gasteiger partial charge in [0, 0.05) is 6.04 Å². The van der Waals surface area contributed by atoms with Crippen molar-refractivity contribution in [2.45, 2.75) is 38.6 Å². The van der Waals surface area contributed by atoms with Gasteiger partial charge in [-0.05, 0) is 44.7 Å². The van der Waals surface area contributed by atoms with Gasteiger partial charge in [0.15, 0.2) is 0 Å². The van der Waals surface area contributed by atoms with Crippen molar-refractivity contribution >= 4 is 0 Å². The molecule has 0 saturated heterocycles. The zero-order valence-corrected chi connectivity index (χ0v) is 7.47. The highest BCUT2D eigenvalue weighted by Crippen LogP contribution is 2.19. The average Bonchev–Trinajstić information content (AvgIpc) is 2.80. The summed E-state index contributed by atoms with van der Waals surface area (Å²) >= 11 is 0. The second-order valence-electron chi connectivity index (χ2n) is 3.72. The molecule has 0 spiro atoms. The standard InChI is InChI=1S/C9H20N2/c1-8(3-2-6-10)7-11-9-4-5-9/h8-9,11H,2-7,10H2,1H3. The fourth-order valence-electron chi connectivity index (χ4n) is 1.22. The minimum Gasteiger partial charge on any atom is -0.330 e. The van der Waals surface area contributed by atoms with Crippen LogP contribution in [0.15, 0.2) is 0 Å². The Balaban J connectivity index is 1.87. The molecule has 1 aliphatic rings. The molecule has 1 atom stereocenters. The van der Waals surface area contributed by atoms with Crippen LogP contribution in [-0.2, 0) is 0 Å². The second-order valence-corrected chi connectivity index (χ2v) is 3.72. The van der Waals surface area contributed by atoms with E-state index in [2.05, 4.69) is 12.2 Å². The van der Waals surface area contributed by atoms with E-state index in [-0.39, 0.29) is 0 Å². The van der Waals surface area contributed by atoms with Crippen LogP contribution >= 0.6 is 0 Å². The molecule has 0 aromatic heterocycles. The third-order valence-electron chi connectivity index (χ3n) is 2.23. The summed E-state index contributed by atoms with van der Waals surface area (Å²) < 4.78 is 0. The summed E-state index contributed by atoms with van der Waals surface area (Å²) in [6, 6.07) is 0.857. The summed E-state index contributed by atoms with van der Waals surface area (Å²) in [5.41, 5.74) is 5.42. The van der Waals surface area contributed by atoms with Crippen LogP contribution in [0.5, 0.6) is 0 Å². The SMILES string of the molecule is CC(CCCN)CNC1CC1. The fourth-order valence-corrected chi connectivity index (χ4v) is 1.22. The molecule has 0 bridgehead atoms. The number of hydrogen-bond acceptors (Lipinski definition) is 2. The molecule has 1 unspecified atom stereocenters. The Morgan fingerprint density at radius 2 is 2.27 bits per heavy atom. The van der Waals surface area contributed by atoms with Crippen LogP contribution in [0.25, 0.3) is 0 Å². The van der Waals surface area contributed by atoms with Gasteiger partial charge >= 0.3 is 0 Å². The average molecular weight is 156 g/mol. The largest absolute Gasteiger partial charge is 0.330 e. The summed E-state index contributed by atoms with van der Waals surface area (Å²) in [4.78, 5) is 0. The van der Waals surface area contributed by atoms with Gasteiger partial charge in [-0.3, -0.25) is 0 Å². The highest BCUT2D eigenvalue weighted by Gasteiger charge is 2.20. The minimum absolute atomic E-state index is 0.805. The van der Waals surface area contributed by atoms with E-state index in [4.69, 9.17) is 5.73 Å². The first kappa shape index (κ1) is 9.01. The van der Waals surface area contributed by atoms with Crippen molar-refractivity contribution in [3.05, 3.63) is 0 Å². The predicted octanol–water partition coefficient (Wildman–Crippen LogP) is 1.11. The lowest BCUT2D eigenvalue weighted by molar-refractivity contribution is 0.468. The Hall–Kier alpha value is -0.0800. The van der Waals surface area contributed by atoms with Crippen LogP contribution in [0.1, 0.15) is 32.6 Å². The van der Waals surface area contributed by atoms with Crippen LogP contribution in [0.4, 0.5) is 0 Å². The normalized spacial score (nSPS) is 20.2. The van der Waals surface area contributed by atoms with Crippen LogP contribution in [-0.4, -0.2) is 19.1 Å². The number of nitrogens with two attached hydrogens (primary N) is 1. The zero-order chi connectivity index (χ0) is 8.10. The van der Waals surface area contributed by atoms with Crippen molar-refractivity contribution in [2.75, 3.05) is 13.1 Å². The first-order valence-corrected chi connectivity index (χ1v) is 4.76. The van der Waals surface area contributed by atoms with Gasteiger partial charge in [-0.25, -0.2) is 0 Å². The number of rotatable bonds is 6. The van der Waals surface area contributed by atoms with Gasteiger partial charge in [0.2, 0.25) is 0 Å². The molecule has 66 valence electrons. The lowest BCUT2D eigenvalue weighted by Crippen LogP contribution is -2.23. The van der Waals surface area contributed by atoms with Crippen molar-refractivity contribution in [1.82, 2.24) is 5.32 Å². The smallest absolute Gasteiger partial charge is 0.00683 e. The monoisotopic (exact) mass is 156 g/mol. The van der Waals surface area contributed by atoms with Gasteiger partial charge in [-0.15, -0.1) is 0 Å². The van der Waals surface area contributed by atoms with E-state index in [1.54, 1.807) is 0 Å². The lowest BCUT2D eigenvalue weighted by Gasteiger charge is -2.10. The topological polar surface area (TPSA) is 38.0 Å². The van der Waals surface area contributed by atoms with Gasteiger partial charge in [-0.1, -0.05) is 6.92 Å². The molecular formula is C9H20N2. The van der Waals surface area contributed by atoms with E-state index in [1.807, 2.05) is 0 Å². The molecule has 0 aliphatic heterocycles. The minimum atomic E-state index is 0.805. The molecule has 1 rings (SSSR count). The van der Waals surface area contributed by atoms with E-state index in [1.165, 1.54) is 32.2 Å². The van der Waals surface area contributed by atoms with E-state index < -0.39 is 0 Å².